The molecule has 0 fully saturated rings. The van der Waals surface area contributed by atoms with E-state index in [1.54, 1.807) is 10.6 Å². The third kappa shape index (κ3) is 3.34. The van der Waals surface area contributed by atoms with Crippen LogP contribution < -0.4 is 16.6 Å². The van der Waals surface area contributed by atoms with Gasteiger partial charge in [0.25, 0.3) is 11.5 Å². The Morgan fingerprint density at radius 3 is 2.86 bits per heavy atom. The number of nitrogens with zero attached hydrogens (tertiary/aromatic N) is 4. The first-order valence-electron chi connectivity index (χ1n) is 8.62. The number of hydrogen-bond acceptors (Lipinski definition) is 6. The molecule has 10 nitrogen and oxygen atoms in total. The lowest BCUT2D eigenvalue weighted by Crippen LogP contribution is -2.27. The molecule has 0 aliphatic carbocycles. The zero-order valence-electron chi connectivity index (χ0n) is 15.1. The number of amides is 1. The summed E-state index contributed by atoms with van der Waals surface area (Å²) >= 11 is 0. The number of nitrogens with one attached hydrogen (secondary N) is 3. The molecule has 0 saturated carbocycles. The number of aromatic amines is 2. The van der Waals surface area contributed by atoms with Gasteiger partial charge in [-0.05, 0) is 13.0 Å². The fourth-order valence-electron chi connectivity index (χ4n) is 2.83. The number of rotatable bonds is 5. The zero-order chi connectivity index (χ0) is 19.7. The van der Waals surface area contributed by atoms with E-state index in [2.05, 4.69) is 30.5 Å². The molecule has 5 N–H and O–H groups in total. The highest BCUT2D eigenvalue weighted by atomic mass is 16.2. The third-order valence-corrected chi connectivity index (χ3v) is 4.30. The summed E-state index contributed by atoms with van der Waals surface area (Å²) in [5, 5.41) is 9.75. The largest absolute Gasteiger partial charge is 0.369 e. The van der Waals surface area contributed by atoms with E-state index in [1.807, 2.05) is 31.2 Å². The molecular formula is C18H18N8O2. The quantitative estimate of drug-likeness (QED) is 0.404. The van der Waals surface area contributed by atoms with Gasteiger partial charge in [-0.1, -0.05) is 29.8 Å². The zero-order valence-corrected chi connectivity index (χ0v) is 15.1. The van der Waals surface area contributed by atoms with Gasteiger partial charge in [-0.2, -0.15) is 10.1 Å². The number of aromatic nitrogens is 6. The molecule has 0 radical (unpaired) electrons. The van der Waals surface area contributed by atoms with E-state index >= 15 is 0 Å². The minimum absolute atomic E-state index is 0.0179. The summed E-state index contributed by atoms with van der Waals surface area (Å²) in [7, 11) is 0. The Hall–Kier alpha value is -3.95. The SMILES string of the molecule is Cc1ccc(-c2cc(C(=O)NCCn3cnc4c(=O)[nH]c(N)nc43)[nH]n2)cc1. The van der Waals surface area contributed by atoms with Crippen LogP contribution in [0.1, 0.15) is 16.1 Å². The molecule has 0 atom stereocenters. The highest BCUT2D eigenvalue weighted by molar-refractivity contribution is 5.93. The lowest BCUT2D eigenvalue weighted by molar-refractivity contribution is 0.0947. The van der Waals surface area contributed by atoms with Crippen molar-refractivity contribution in [2.75, 3.05) is 12.3 Å². The molecule has 0 spiro atoms. The lowest BCUT2D eigenvalue weighted by atomic mass is 10.1. The first-order chi connectivity index (χ1) is 13.5. The van der Waals surface area contributed by atoms with E-state index < -0.39 is 5.56 Å². The molecule has 3 heterocycles. The predicted molar refractivity (Wildman–Crippen MR) is 104 cm³/mol. The number of benzene rings is 1. The summed E-state index contributed by atoms with van der Waals surface area (Å²) in [6.45, 7) is 2.71. The second-order valence-corrected chi connectivity index (χ2v) is 6.35. The van der Waals surface area contributed by atoms with Gasteiger partial charge in [0.15, 0.2) is 11.2 Å². The Balaban J connectivity index is 1.41. The molecular weight excluding hydrogens is 360 g/mol. The molecule has 0 bridgehead atoms. The van der Waals surface area contributed by atoms with Gasteiger partial charge in [0.05, 0.1) is 12.0 Å². The van der Waals surface area contributed by atoms with Crippen LogP contribution in [0.25, 0.3) is 22.4 Å². The van der Waals surface area contributed by atoms with Gasteiger partial charge in [-0.15, -0.1) is 0 Å². The number of nitrogens with two attached hydrogens (primary N) is 1. The number of hydrogen-bond donors (Lipinski definition) is 4. The molecule has 0 saturated heterocycles. The van der Waals surface area contributed by atoms with Gasteiger partial charge >= 0.3 is 0 Å². The topological polar surface area (TPSA) is 147 Å². The van der Waals surface area contributed by atoms with E-state index in [4.69, 9.17) is 5.73 Å². The first-order valence-corrected chi connectivity index (χ1v) is 8.62. The van der Waals surface area contributed by atoms with E-state index in [-0.39, 0.29) is 17.4 Å². The number of fused-ring (bicyclic) bond motifs is 1. The van der Waals surface area contributed by atoms with Crippen LogP contribution in [-0.4, -0.2) is 42.2 Å². The fourth-order valence-corrected chi connectivity index (χ4v) is 2.83. The van der Waals surface area contributed by atoms with Crippen molar-refractivity contribution in [3.63, 3.8) is 0 Å². The number of carbonyl (C=O) groups is 1. The molecule has 1 amide bonds. The summed E-state index contributed by atoms with van der Waals surface area (Å²) in [6, 6.07) is 9.60. The summed E-state index contributed by atoms with van der Waals surface area (Å²) in [6.07, 6.45) is 1.49. The van der Waals surface area contributed by atoms with Crippen LogP contribution in [0.5, 0.6) is 0 Å². The van der Waals surface area contributed by atoms with Crippen LogP contribution in [0.2, 0.25) is 0 Å². The molecule has 0 aliphatic heterocycles. The number of nitrogen functional groups attached to an aromatic ring is 1. The fraction of sp³-hybridized carbons (Fsp3) is 0.167. The molecule has 28 heavy (non-hydrogen) atoms. The van der Waals surface area contributed by atoms with Crippen molar-refractivity contribution in [1.29, 1.82) is 0 Å². The van der Waals surface area contributed by atoms with Crippen molar-refractivity contribution in [2.24, 2.45) is 0 Å². The maximum Gasteiger partial charge on any atom is 0.280 e. The van der Waals surface area contributed by atoms with E-state index in [0.717, 1.165) is 11.1 Å². The molecule has 1 aromatic carbocycles. The van der Waals surface area contributed by atoms with Gasteiger partial charge in [0, 0.05) is 18.7 Å². The normalized spacial score (nSPS) is 11.0. The molecule has 10 heteroatoms. The van der Waals surface area contributed by atoms with Crippen molar-refractivity contribution < 1.29 is 4.79 Å². The molecule has 0 aliphatic rings. The van der Waals surface area contributed by atoms with Crippen LogP contribution in [0, 0.1) is 6.92 Å². The van der Waals surface area contributed by atoms with Gasteiger partial charge < -0.3 is 15.6 Å². The van der Waals surface area contributed by atoms with Crippen molar-refractivity contribution in [2.45, 2.75) is 13.5 Å². The van der Waals surface area contributed by atoms with Crippen molar-refractivity contribution in [3.05, 3.63) is 58.3 Å². The second kappa shape index (κ2) is 6.99. The Kier molecular flexibility index (Phi) is 4.36. The van der Waals surface area contributed by atoms with Gasteiger partial charge in [0.1, 0.15) is 5.69 Å². The highest BCUT2D eigenvalue weighted by Crippen LogP contribution is 2.18. The molecule has 142 valence electrons. The van der Waals surface area contributed by atoms with E-state index in [9.17, 15) is 9.59 Å². The smallest absolute Gasteiger partial charge is 0.280 e. The Morgan fingerprint density at radius 2 is 2.07 bits per heavy atom. The average molecular weight is 378 g/mol. The highest BCUT2D eigenvalue weighted by Gasteiger charge is 2.12. The van der Waals surface area contributed by atoms with Crippen molar-refractivity contribution >= 4 is 23.0 Å². The van der Waals surface area contributed by atoms with E-state index in [1.165, 1.54) is 6.33 Å². The van der Waals surface area contributed by atoms with E-state index in [0.29, 0.717) is 30.1 Å². The van der Waals surface area contributed by atoms with Crippen LogP contribution in [0.15, 0.2) is 41.5 Å². The molecule has 0 unspecified atom stereocenters. The third-order valence-electron chi connectivity index (χ3n) is 4.30. The summed E-state index contributed by atoms with van der Waals surface area (Å²) in [5.41, 5.74) is 8.91. The van der Waals surface area contributed by atoms with Gasteiger partial charge in [0.2, 0.25) is 5.95 Å². The summed E-state index contributed by atoms with van der Waals surface area (Å²) in [5.74, 6) is -0.259. The Labute approximate surface area is 158 Å². The number of H-pyrrole nitrogens is 2. The van der Waals surface area contributed by atoms with Gasteiger partial charge in [-0.3, -0.25) is 19.7 Å². The number of aryl methyl sites for hydroxylation is 1. The maximum absolute atomic E-state index is 12.3. The minimum Gasteiger partial charge on any atom is -0.369 e. The van der Waals surface area contributed by atoms with Crippen LogP contribution >= 0.6 is 0 Å². The molecule has 3 aromatic heterocycles. The number of anilines is 1. The van der Waals surface area contributed by atoms with Crippen LogP contribution in [-0.2, 0) is 6.54 Å². The second-order valence-electron chi connectivity index (χ2n) is 6.35. The molecule has 4 aromatic rings. The Morgan fingerprint density at radius 1 is 1.29 bits per heavy atom. The van der Waals surface area contributed by atoms with Crippen molar-refractivity contribution in [1.82, 2.24) is 35.0 Å². The average Bonchev–Trinajstić information content (AvgIpc) is 3.30. The van der Waals surface area contributed by atoms with Crippen LogP contribution in [0.3, 0.4) is 0 Å². The van der Waals surface area contributed by atoms with Crippen LogP contribution in [0.4, 0.5) is 5.95 Å². The minimum atomic E-state index is -0.397. The maximum atomic E-state index is 12.3. The first kappa shape index (κ1) is 17.5. The predicted octanol–water partition coefficient (Wildman–Crippen LogP) is 0.830. The standard InChI is InChI=1S/C18H18N8O2/c1-10-2-4-11(5-3-10)12-8-13(25-24-12)16(27)20-6-7-26-9-21-14-15(26)22-18(19)23-17(14)28/h2-5,8-9H,6-7H2,1H3,(H,20,27)(H,24,25)(H3,19,22,23,28). The van der Waals surface area contributed by atoms with Crippen molar-refractivity contribution in [3.8, 4) is 11.3 Å². The Bertz CT molecular complexity index is 1200. The number of imidazole rings is 1. The monoisotopic (exact) mass is 378 g/mol. The summed E-state index contributed by atoms with van der Waals surface area (Å²) in [4.78, 5) is 34.6. The van der Waals surface area contributed by atoms with Gasteiger partial charge in [-0.25, -0.2) is 4.98 Å². The molecule has 4 rings (SSSR count). The summed E-state index contributed by atoms with van der Waals surface area (Å²) < 4.78 is 1.66. The lowest BCUT2D eigenvalue weighted by Gasteiger charge is -2.05. The number of carbonyl (C=O) groups excluding carboxylic acids is 1.